The number of para-hydroxylation sites is 1. The SMILES string of the molecule is NC(=S)c1cccc(F)c1N. The monoisotopic (exact) mass is 170 g/mol. The van der Waals surface area contributed by atoms with Crippen molar-refractivity contribution in [3.05, 3.63) is 29.6 Å². The Hall–Kier alpha value is -1.16. The fourth-order valence-electron chi connectivity index (χ4n) is 0.752. The summed E-state index contributed by atoms with van der Waals surface area (Å²) in [6.45, 7) is 0. The summed E-state index contributed by atoms with van der Waals surface area (Å²) >= 11 is 4.64. The molecule has 0 unspecified atom stereocenters. The lowest BCUT2D eigenvalue weighted by molar-refractivity contribution is 0.632. The Morgan fingerprint density at radius 3 is 2.55 bits per heavy atom. The molecule has 4 N–H and O–H groups in total. The first-order valence-electron chi connectivity index (χ1n) is 2.96. The van der Waals surface area contributed by atoms with Crippen LogP contribution >= 0.6 is 12.2 Å². The van der Waals surface area contributed by atoms with Gasteiger partial charge in [-0.25, -0.2) is 4.39 Å². The third kappa shape index (κ3) is 1.46. The molecule has 1 aromatic carbocycles. The number of anilines is 1. The first-order valence-corrected chi connectivity index (χ1v) is 3.37. The summed E-state index contributed by atoms with van der Waals surface area (Å²) in [6.07, 6.45) is 0. The minimum atomic E-state index is -0.490. The number of hydrogen-bond donors (Lipinski definition) is 2. The molecular weight excluding hydrogens is 163 g/mol. The maximum atomic E-state index is 12.7. The molecule has 0 amide bonds. The molecule has 0 heterocycles. The van der Waals surface area contributed by atoms with Crippen LogP contribution in [0.25, 0.3) is 0 Å². The quantitative estimate of drug-likeness (QED) is 0.489. The molecule has 0 saturated heterocycles. The fourth-order valence-corrected chi connectivity index (χ4v) is 0.930. The molecule has 0 atom stereocenters. The van der Waals surface area contributed by atoms with E-state index in [1.807, 2.05) is 0 Å². The van der Waals surface area contributed by atoms with Gasteiger partial charge >= 0.3 is 0 Å². The second-order valence-corrected chi connectivity index (χ2v) is 2.51. The van der Waals surface area contributed by atoms with E-state index in [-0.39, 0.29) is 10.7 Å². The Kier molecular flexibility index (Phi) is 2.05. The molecule has 11 heavy (non-hydrogen) atoms. The summed E-state index contributed by atoms with van der Waals surface area (Å²) in [5, 5.41) is 0. The van der Waals surface area contributed by atoms with E-state index in [2.05, 4.69) is 12.2 Å². The van der Waals surface area contributed by atoms with Crippen LogP contribution in [0.2, 0.25) is 0 Å². The van der Waals surface area contributed by atoms with E-state index >= 15 is 0 Å². The smallest absolute Gasteiger partial charge is 0.146 e. The number of benzene rings is 1. The zero-order chi connectivity index (χ0) is 8.43. The second-order valence-electron chi connectivity index (χ2n) is 2.07. The molecule has 0 radical (unpaired) electrons. The van der Waals surface area contributed by atoms with Crippen molar-refractivity contribution in [2.75, 3.05) is 5.73 Å². The number of thiocarbonyl (C=S) groups is 1. The number of hydrogen-bond acceptors (Lipinski definition) is 2. The predicted molar refractivity (Wildman–Crippen MR) is 46.7 cm³/mol. The molecule has 0 spiro atoms. The molecule has 0 bridgehead atoms. The lowest BCUT2D eigenvalue weighted by atomic mass is 10.2. The number of nitrogen functional groups attached to an aromatic ring is 1. The highest BCUT2D eigenvalue weighted by Gasteiger charge is 2.04. The van der Waals surface area contributed by atoms with Crippen molar-refractivity contribution < 1.29 is 4.39 Å². The zero-order valence-corrected chi connectivity index (χ0v) is 6.49. The topological polar surface area (TPSA) is 52.0 Å². The highest BCUT2D eigenvalue weighted by atomic mass is 32.1. The van der Waals surface area contributed by atoms with E-state index in [0.29, 0.717) is 5.56 Å². The number of halogens is 1. The van der Waals surface area contributed by atoms with Gasteiger partial charge in [-0.3, -0.25) is 0 Å². The van der Waals surface area contributed by atoms with Crippen molar-refractivity contribution in [1.82, 2.24) is 0 Å². The summed E-state index contributed by atoms with van der Waals surface area (Å²) < 4.78 is 12.7. The lowest BCUT2D eigenvalue weighted by Crippen LogP contribution is -2.12. The molecule has 1 aromatic rings. The van der Waals surface area contributed by atoms with Gasteiger partial charge in [0.15, 0.2) is 0 Å². The average Bonchev–Trinajstić information content (AvgIpc) is 1.94. The highest BCUT2D eigenvalue weighted by molar-refractivity contribution is 7.80. The minimum absolute atomic E-state index is 0.0139. The number of nitrogens with two attached hydrogens (primary N) is 2. The van der Waals surface area contributed by atoms with E-state index < -0.39 is 5.82 Å². The fraction of sp³-hybridized carbons (Fsp3) is 0. The average molecular weight is 170 g/mol. The van der Waals surface area contributed by atoms with Crippen molar-refractivity contribution >= 4 is 22.9 Å². The van der Waals surface area contributed by atoms with Crippen molar-refractivity contribution in [2.24, 2.45) is 5.73 Å². The molecule has 0 fully saturated rings. The summed E-state index contributed by atoms with van der Waals surface area (Å²) in [6, 6.07) is 4.36. The van der Waals surface area contributed by atoms with Crippen LogP contribution < -0.4 is 11.5 Å². The molecule has 4 heteroatoms. The van der Waals surface area contributed by atoms with Crippen LogP contribution in [0.3, 0.4) is 0 Å². The van der Waals surface area contributed by atoms with E-state index in [4.69, 9.17) is 11.5 Å². The van der Waals surface area contributed by atoms with Gasteiger partial charge < -0.3 is 11.5 Å². The molecule has 0 aromatic heterocycles. The Morgan fingerprint density at radius 1 is 1.45 bits per heavy atom. The summed E-state index contributed by atoms with van der Waals surface area (Å²) in [4.78, 5) is 0.113. The van der Waals surface area contributed by atoms with Gasteiger partial charge in [-0.05, 0) is 12.1 Å². The summed E-state index contributed by atoms with van der Waals surface area (Å²) in [5.74, 6) is -0.490. The summed E-state index contributed by atoms with van der Waals surface area (Å²) in [5.41, 5.74) is 11.0. The van der Waals surface area contributed by atoms with Crippen LogP contribution in [-0.2, 0) is 0 Å². The molecular formula is C7H7FN2S. The largest absolute Gasteiger partial charge is 0.396 e. The maximum Gasteiger partial charge on any atom is 0.146 e. The third-order valence-electron chi connectivity index (χ3n) is 1.32. The van der Waals surface area contributed by atoms with Crippen molar-refractivity contribution in [1.29, 1.82) is 0 Å². The molecule has 0 saturated carbocycles. The van der Waals surface area contributed by atoms with Crippen molar-refractivity contribution in [3.8, 4) is 0 Å². The van der Waals surface area contributed by atoms with Crippen molar-refractivity contribution in [2.45, 2.75) is 0 Å². The Balaban J connectivity index is 3.27. The second kappa shape index (κ2) is 2.84. The Labute approximate surface area is 69.0 Å². The predicted octanol–water partition coefficient (Wildman–Crippen LogP) is 1.04. The van der Waals surface area contributed by atoms with Gasteiger partial charge in [0, 0.05) is 5.56 Å². The third-order valence-corrected chi connectivity index (χ3v) is 1.54. The molecule has 1 rings (SSSR count). The van der Waals surface area contributed by atoms with Gasteiger partial charge in [-0.2, -0.15) is 0 Å². The summed E-state index contributed by atoms with van der Waals surface area (Å²) in [7, 11) is 0. The van der Waals surface area contributed by atoms with Gasteiger partial charge in [0.1, 0.15) is 10.8 Å². The molecule has 0 aliphatic rings. The van der Waals surface area contributed by atoms with Gasteiger partial charge in [0.05, 0.1) is 5.69 Å². The lowest BCUT2D eigenvalue weighted by Gasteiger charge is -2.02. The Bertz CT molecular complexity index is 298. The minimum Gasteiger partial charge on any atom is -0.396 e. The molecule has 0 aliphatic carbocycles. The van der Waals surface area contributed by atoms with E-state index in [1.165, 1.54) is 12.1 Å². The molecule has 0 aliphatic heterocycles. The normalized spacial score (nSPS) is 9.55. The zero-order valence-electron chi connectivity index (χ0n) is 5.67. The van der Waals surface area contributed by atoms with E-state index in [9.17, 15) is 4.39 Å². The van der Waals surface area contributed by atoms with E-state index in [0.717, 1.165) is 0 Å². The molecule has 58 valence electrons. The molecule has 2 nitrogen and oxygen atoms in total. The first-order chi connectivity index (χ1) is 5.13. The van der Waals surface area contributed by atoms with Gasteiger partial charge in [0.2, 0.25) is 0 Å². The van der Waals surface area contributed by atoms with Gasteiger partial charge in [-0.1, -0.05) is 18.3 Å². The van der Waals surface area contributed by atoms with Crippen LogP contribution in [0.15, 0.2) is 18.2 Å². The Morgan fingerprint density at radius 2 is 2.09 bits per heavy atom. The van der Waals surface area contributed by atoms with Crippen LogP contribution in [-0.4, -0.2) is 4.99 Å². The highest BCUT2D eigenvalue weighted by Crippen LogP contribution is 2.14. The van der Waals surface area contributed by atoms with Gasteiger partial charge in [-0.15, -0.1) is 0 Å². The standard InChI is InChI=1S/C7H7FN2S/c8-5-3-1-2-4(6(5)9)7(10)11/h1-3H,9H2,(H2,10,11). The van der Waals surface area contributed by atoms with Crippen LogP contribution in [0.1, 0.15) is 5.56 Å². The first kappa shape index (κ1) is 7.94. The van der Waals surface area contributed by atoms with Crippen LogP contribution in [0.5, 0.6) is 0 Å². The van der Waals surface area contributed by atoms with Crippen molar-refractivity contribution in [3.63, 3.8) is 0 Å². The van der Waals surface area contributed by atoms with Crippen LogP contribution in [0.4, 0.5) is 10.1 Å². The van der Waals surface area contributed by atoms with Gasteiger partial charge in [0.25, 0.3) is 0 Å². The maximum absolute atomic E-state index is 12.7. The van der Waals surface area contributed by atoms with E-state index in [1.54, 1.807) is 6.07 Å². The number of rotatable bonds is 1. The van der Waals surface area contributed by atoms with Crippen LogP contribution in [0, 0.1) is 5.82 Å².